The molecule has 0 amide bonds. The predicted molar refractivity (Wildman–Crippen MR) is 68.4 cm³/mol. The van der Waals surface area contributed by atoms with Gasteiger partial charge in [0.2, 0.25) is 0 Å². The van der Waals surface area contributed by atoms with Gasteiger partial charge in [0.05, 0.1) is 0 Å². The average Bonchev–Trinajstić information content (AvgIpc) is 2.38. The molecule has 0 fully saturated rings. The Morgan fingerprint density at radius 3 is 2.82 bits per heavy atom. The number of fused-ring (bicyclic) bond motifs is 1. The number of rotatable bonds is 5. The van der Waals surface area contributed by atoms with Gasteiger partial charge < -0.3 is 15.2 Å². The molecule has 1 aromatic rings. The summed E-state index contributed by atoms with van der Waals surface area (Å²) in [4.78, 5) is 0. The first-order valence-corrected chi connectivity index (χ1v) is 6.07. The quantitative estimate of drug-likeness (QED) is 0.628. The summed E-state index contributed by atoms with van der Waals surface area (Å²) in [6, 6.07) is 6.02. The third-order valence-electron chi connectivity index (χ3n) is 2.92. The summed E-state index contributed by atoms with van der Waals surface area (Å²) < 4.78 is 11.0. The van der Waals surface area contributed by atoms with Gasteiger partial charge in [0.1, 0.15) is 13.2 Å². The molecule has 92 valence electrons. The van der Waals surface area contributed by atoms with E-state index < -0.39 is 0 Å². The highest BCUT2D eigenvalue weighted by molar-refractivity contribution is 5.44. The van der Waals surface area contributed by atoms with Crippen molar-refractivity contribution >= 4 is 0 Å². The summed E-state index contributed by atoms with van der Waals surface area (Å²) in [7, 11) is 0. The van der Waals surface area contributed by atoms with Crippen LogP contribution in [0.3, 0.4) is 0 Å². The maximum atomic E-state index is 6.14. The van der Waals surface area contributed by atoms with Crippen molar-refractivity contribution in [2.75, 3.05) is 13.2 Å². The molecule has 0 aromatic heterocycles. The second-order valence-corrected chi connectivity index (χ2v) is 4.23. The molecule has 0 radical (unpaired) electrons. The minimum absolute atomic E-state index is 0.0609. The maximum absolute atomic E-state index is 6.14. The lowest BCUT2D eigenvalue weighted by Gasteiger charge is -2.20. The van der Waals surface area contributed by atoms with Crippen molar-refractivity contribution in [2.24, 2.45) is 5.73 Å². The number of ether oxygens (including phenoxy) is 2. The van der Waals surface area contributed by atoms with Gasteiger partial charge in [0, 0.05) is 6.04 Å². The Kier molecular flexibility index (Phi) is 4.04. The highest BCUT2D eigenvalue weighted by Crippen LogP contribution is 2.33. The molecule has 0 spiro atoms. The van der Waals surface area contributed by atoms with Gasteiger partial charge in [0.25, 0.3) is 0 Å². The zero-order valence-electron chi connectivity index (χ0n) is 10.0. The van der Waals surface area contributed by atoms with Crippen LogP contribution in [0.4, 0.5) is 0 Å². The lowest BCUT2D eigenvalue weighted by atomic mass is 10.0. The van der Waals surface area contributed by atoms with E-state index in [1.807, 2.05) is 24.3 Å². The number of benzene rings is 1. The Balaban J connectivity index is 2.02. The van der Waals surface area contributed by atoms with Gasteiger partial charge in [-0.3, -0.25) is 0 Å². The van der Waals surface area contributed by atoms with Crippen molar-refractivity contribution in [3.8, 4) is 11.5 Å². The van der Waals surface area contributed by atoms with E-state index in [-0.39, 0.29) is 6.04 Å². The van der Waals surface area contributed by atoms with Gasteiger partial charge in [-0.15, -0.1) is 6.58 Å². The number of hydrogen-bond acceptors (Lipinski definition) is 3. The summed E-state index contributed by atoms with van der Waals surface area (Å²) in [5.41, 5.74) is 7.25. The van der Waals surface area contributed by atoms with Crippen LogP contribution in [0.2, 0.25) is 0 Å². The number of unbranched alkanes of at least 4 members (excludes halogenated alkanes) is 1. The molecule has 3 heteroatoms. The van der Waals surface area contributed by atoms with Crippen LogP contribution in [0, 0.1) is 0 Å². The first-order chi connectivity index (χ1) is 8.31. The largest absolute Gasteiger partial charge is 0.486 e. The molecule has 1 unspecified atom stereocenters. The van der Waals surface area contributed by atoms with Crippen LogP contribution in [0.15, 0.2) is 30.9 Å². The van der Waals surface area contributed by atoms with E-state index in [2.05, 4.69) is 6.58 Å². The van der Waals surface area contributed by atoms with Crippen molar-refractivity contribution in [1.82, 2.24) is 0 Å². The zero-order chi connectivity index (χ0) is 12.1. The Bertz CT molecular complexity index is 390. The molecular formula is C14H19NO2. The van der Waals surface area contributed by atoms with Crippen molar-refractivity contribution < 1.29 is 9.47 Å². The van der Waals surface area contributed by atoms with Crippen LogP contribution in [0.25, 0.3) is 0 Å². The summed E-state index contributed by atoms with van der Waals surface area (Å²) in [6.45, 7) is 4.95. The van der Waals surface area contributed by atoms with Gasteiger partial charge in [0.15, 0.2) is 11.5 Å². The Hall–Kier alpha value is -1.48. The van der Waals surface area contributed by atoms with Crippen molar-refractivity contribution in [3.63, 3.8) is 0 Å². The standard InChI is InChI=1S/C14H19NO2/c1-2-3-4-5-12(15)11-6-7-13-14(10-11)17-9-8-16-13/h2,6-7,10,12H,1,3-5,8-9,15H2. The van der Waals surface area contributed by atoms with Crippen molar-refractivity contribution in [2.45, 2.75) is 25.3 Å². The molecule has 0 saturated heterocycles. The molecule has 1 aliphatic heterocycles. The summed E-state index contributed by atoms with van der Waals surface area (Å²) in [6.07, 6.45) is 4.97. The average molecular weight is 233 g/mol. The van der Waals surface area contributed by atoms with Gasteiger partial charge in [-0.1, -0.05) is 12.1 Å². The van der Waals surface area contributed by atoms with Gasteiger partial charge in [-0.25, -0.2) is 0 Å². The second-order valence-electron chi connectivity index (χ2n) is 4.23. The normalized spacial score (nSPS) is 15.4. The molecule has 3 nitrogen and oxygen atoms in total. The van der Waals surface area contributed by atoms with Crippen LogP contribution >= 0.6 is 0 Å². The number of hydrogen-bond donors (Lipinski definition) is 1. The van der Waals surface area contributed by atoms with E-state index in [0.717, 1.165) is 36.3 Å². The Morgan fingerprint density at radius 1 is 1.29 bits per heavy atom. The Morgan fingerprint density at radius 2 is 2.06 bits per heavy atom. The van der Waals surface area contributed by atoms with E-state index in [0.29, 0.717) is 13.2 Å². The molecule has 0 aliphatic carbocycles. The molecule has 1 aliphatic rings. The molecule has 1 aromatic carbocycles. The maximum Gasteiger partial charge on any atom is 0.161 e. The topological polar surface area (TPSA) is 44.5 Å². The molecule has 17 heavy (non-hydrogen) atoms. The number of allylic oxidation sites excluding steroid dienone is 1. The summed E-state index contributed by atoms with van der Waals surface area (Å²) in [5, 5.41) is 0. The van der Waals surface area contributed by atoms with Crippen LogP contribution < -0.4 is 15.2 Å². The third kappa shape index (κ3) is 3.01. The summed E-state index contributed by atoms with van der Waals surface area (Å²) in [5.74, 6) is 1.63. The number of nitrogens with two attached hydrogens (primary N) is 1. The smallest absolute Gasteiger partial charge is 0.161 e. The molecule has 0 bridgehead atoms. The molecule has 2 N–H and O–H groups in total. The monoisotopic (exact) mass is 233 g/mol. The SMILES string of the molecule is C=CCCCC(N)c1ccc2c(c1)OCCO2. The third-order valence-corrected chi connectivity index (χ3v) is 2.92. The van der Waals surface area contributed by atoms with Crippen LogP contribution in [-0.4, -0.2) is 13.2 Å². The van der Waals surface area contributed by atoms with Crippen LogP contribution in [0.1, 0.15) is 30.9 Å². The fraction of sp³-hybridized carbons (Fsp3) is 0.429. The predicted octanol–water partition coefficient (Wildman–Crippen LogP) is 2.81. The van der Waals surface area contributed by atoms with E-state index in [9.17, 15) is 0 Å². The fourth-order valence-electron chi connectivity index (χ4n) is 1.94. The first-order valence-electron chi connectivity index (χ1n) is 6.07. The Labute approximate surface area is 102 Å². The first kappa shape index (κ1) is 12.0. The lowest BCUT2D eigenvalue weighted by molar-refractivity contribution is 0.171. The highest BCUT2D eigenvalue weighted by atomic mass is 16.6. The summed E-state index contributed by atoms with van der Waals surface area (Å²) >= 11 is 0. The second kappa shape index (κ2) is 5.73. The van der Waals surface area contributed by atoms with Crippen LogP contribution in [-0.2, 0) is 0 Å². The lowest BCUT2D eigenvalue weighted by Crippen LogP contribution is -2.16. The van der Waals surface area contributed by atoms with E-state index in [1.54, 1.807) is 0 Å². The molecule has 0 saturated carbocycles. The minimum Gasteiger partial charge on any atom is -0.486 e. The molecule has 1 heterocycles. The fourth-order valence-corrected chi connectivity index (χ4v) is 1.94. The van der Waals surface area contributed by atoms with Crippen molar-refractivity contribution in [3.05, 3.63) is 36.4 Å². The molecule has 1 atom stereocenters. The highest BCUT2D eigenvalue weighted by Gasteiger charge is 2.14. The van der Waals surface area contributed by atoms with E-state index in [1.165, 1.54) is 0 Å². The zero-order valence-corrected chi connectivity index (χ0v) is 10.0. The van der Waals surface area contributed by atoms with Gasteiger partial charge in [-0.2, -0.15) is 0 Å². The van der Waals surface area contributed by atoms with E-state index in [4.69, 9.17) is 15.2 Å². The van der Waals surface area contributed by atoms with E-state index >= 15 is 0 Å². The van der Waals surface area contributed by atoms with Gasteiger partial charge >= 0.3 is 0 Å². The minimum atomic E-state index is 0.0609. The van der Waals surface area contributed by atoms with Crippen LogP contribution in [0.5, 0.6) is 11.5 Å². The van der Waals surface area contributed by atoms with Crippen molar-refractivity contribution in [1.29, 1.82) is 0 Å². The molecule has 2 rings (SSSR count). The van der Waals surface area contributed by atoms with Gasteiger partial charge in [-0.05, 0) is 37.0 Å². The molecular weight excluding hydrogens is 214 g/mol.